The summed E-state index contributed by atoms with van der Waals surface area (Å²) in [4.78, 5) is 31.0. The van der Waals surface area contributed by atoms with Crippen LogP contribution in [0.1, 0.15) is 6.92 Å². The number of thiophene rings is 1. The molecule has 17 heavy (non-hydrogen) atoms. The van der Waals surface area contributed by atoms with Gasteiger partial charge in [0.25, 0.3) is 0 Å². The molecular weight excluding hydrogens is 248 g/mol. The number of esters is 1. The molecule has 0 saturated carbocycles. The van der Waals surface area contributed by atoms with Gasteiger partial charge in [-0.2, -0.15) is 11.3 Å². The van der Waals surface area contributed by atoms with Crippen LogP contribution in [0.5, 0.6) is 0 Å². The van der Waals surface area contributed by atoms with E-state index in [2.05, 4.69) is 4.74 Å². The number of carboxylic acid groups (broad SMARTS) is 2. The van der Waals surface area contributed by atoms with Crippen molar-refractivity contribution in [3.05, 3.63) is 22.9 Å². The standard InChI is InChI=1S/C6H8O6.C4H4S/c1-2-12-6(11)3(4(7)8)5(9)10;1-2-4-5-3-1/h3H,2H2,1H3,(H,7,8)(H,9,10);1-4H. The van der Waals surface area contributed by atoms with E-state index in [1.54, 1.807) is 11.3 Å². The molecular formula is C10H12O6S. The summed E-state index contributed by atoms with van der Waals surface area (Å²) in [6.45, 7) is 1.41. The quantitative estimate of drug-likeness (QED) is 0.620. The molecule has 0 aliphatic heterocycles. The van der Waals surface area contributed by atoms with E-state index in [0.717, 1.165) is 0 Å². The molecule has 94 valence electrons. The molecule has 0 saturated heterocycles. The molecule has 2 N–H and O–H groups in total. The van der Waals surface area contributed by atoms with E-state index in [4.69, 9.17) is 10.2 Å². The van der Waals surface area contributed by atoms with Crippen LogP contribution in [0.25, 0.3) is 0 Å². The molecule has 0 spiro atoms. The van der Waals surface area contributed by atoms with Crippen molar-refractivity contribution in [3.8, 4) is 0 Å². The highest BCUT2D eigenvalue weighted by atomic mass is 32.1. The lowest BCUT2D eigenvalue weighted by Gasteiger charge is -2.05. The monoisotopic (exact) mass is 260 g/mol. The summed E-state index contributed by atoms with van der Waals surface area (Å²) < 4.78 is 4.23. The van der Waals surface area contributed by atoms with Crippen molar-refractivity contribution in [1.29, 1.82) is 0 Å². The molecule has 0 atom stereocenters. The Kier molecular flexibility index (Phi) is 7.36. The predicted octanol–water partition coefficient (Wildman–Crippen LogP) is 1.08. The average Bonchev–Trinajstić information content (AvgIpc) is 2.73. The van der Waals surface area contributed by atoms with Crippen LogP contribution < -0.4 is 0 Å². The van der Waals surface area contributed by atoms with Crippen LogP contribution >= 0.6 is 11.3 Å². The summed E-state index contributed by atoms with van der Waals surface area (Å²) in [7, 11) is 0. The lowest BCUT2D eigenvalue weighted by molar-refractivity contribution is -0.166. The zero-order valence-corrected chi connectivity index (χ0v) is 9.85. The van der Waals surface area contributed by atoms with E-state index in [1.807, 2.05) is 22.9 Å². The summed E-state index contributed by atoms with van der Waals surface area (Å²) in [5, 5.41) is 20.6. The Hall–Kier alpha value is -1.89. The molecule has 0 fully saturated rings. The van der Waals surface area contributed by atoms with Crippen molar-refractivity contribution in [2.24, 2.45) is 5.92 Å². The molecule has 0 aromatic carbocycles. The van der Waals surface area contributed by atoms with Crippen LogP contribution in [-0.4, -0.2) is 34.7 Å². The van der Waals surface area contributed by atoms with E-state index < -0.39 is 23.8 Å². The molecule has 1 aromatic heterocycles. The number of hydrogen-bond acceptors (Lipinski definition) is 5. The maximum atomic E-state index is 10.6. The Morgan fingerprint density at radius 1 is 1.18 bits per heavy atom. The molecule has 7 heteroatoms. The van der Waals surface area contributed by atoms with Crippen molar-refractivity contribution < 1.29 is 29.3 Å². The van der Waals surface area contributed by atoms with Crippen molar-refractivity contribution in [2.45, 2.75) is 6.92 Å². The van der Waals surface area contributed by atoms with Gasteiger partial charge in [0.2, 0.25) is 5.92 Å². The number of aliphatic carboxylic acids is 2. The van der Waals surface area contributed by atoms with Crippen LogP contribution in [-0.2, 0) is 19.1 Å². The van der Waals surface area contributed by atoms with Crippen LogP contribution in [0.4, 0.5) is 0 Å². The fraction of sp³-hybridized carbons (Fsp3) is 0.300. The van der Waals surface area contributed by atoms with Gasteiger partial charge < -0.3 is 14.9 Å². The van der Waals surface area contributed by atoms with Gasteiger partial charge in [-0.3, -0.25) is 14.4 Å². The first-order valence-electron chi connectivity index (χ1n) is 4.60. The smallest absolute Gasteiger partial charge is 0.331 e. The maximum Gasteiger partial charge on any atom is 0.331 e. The second kappa shape index (κ2) is 8.28. The van der Waals surface area contributed by atoms with Gasteiger partial charge in [0.15, 0.2) is 0 Å². The van der Waals surface area contributed by atoms with E-state index in [9.17, 15) is 14.4 Å². The second-order valence-electron chi connectivity index (χ2n) is 2.65. The highest BCUT2D eigenvalue weighted by Gasteiger charge is 2.35. The lowest BCUT2D eigenvalue weighted by Crippen LogP contribution is -2.32. The molecule has 6 nitrogen and oxygen atoms in total. The Labute approximate surface area is 101 Å². The van der Waals surface area contributed by atoms with Gasteiger partial charge in [-0.1, -0.05) is 12.1 Å². The molecule has 0 radical (unpaired) electrons. The number of carboxylic acids is 2. The van der Waals surface area contributed by atoms with E-state index in [0.29, 0.717) is 0 Å². The normalized spacial score (nSPS) is 9.06. The number of rotatable bonds is 4. The van der Waals surface area contributed by atoms with Gasteiger partial charge in [-0.15, -0.1) is 0 Å². The zero-order valence-electron chi connectivity index (χ0n) is 9.03. The summed E-state index contributed by atoms with van der Waals surface area (Å²) in [6.07, 6.45) is 0. The van der Waals surface area contributed by atoms with Gasteiger partial charge in [0.1, 0.15) is 0 Å². The van der Waals surface area contributed by atoms with Crippen LogP contribution in [0.2, 0.25) is 0 Å². The number of carbonyl (C=O) groups excluding carboxylic acids is 1. The first kappa shape index (κ1) is 15.1. The Morgan fingerprint density at radius 3 is 1.88 bits per heavy atom. The topological polar surface area (TPSA) is 101 Å². The lowest BCUT2D eigenvalue weighted by atomic mass is 10.1. The maximum absolute atomic E-state index is 10.6. The van der Waals surface area contributed by atoms with E-state index >= 15 is 0 Å². The van der Waals surface area contributed by atoms with Gasteiger partial charge in [-0.25, -0.2) is 0 Å². The summed E-state index contributed by atoms with van der Waals surface area (Å²) in [5.41, 5.74) is 0. The van der Waals surface area contributed by atoms with Gasteiger partial charge >= 0.3 is 17.9 Å². The van der Waals surface area contributed by atoms with Crippen LogP contribution in [0.3, 0.4) is 0 Å². The van der Waals surface area contributed by atoms with Gasteiger partial charge in [-0.05, 0) is 17.7 Å². The molecule has 0 unspecified atom stereocenters. The van der Waals surface area contributed by atoms with Crippen molar-refractivity contribution in [3.63, 3.8) is 0 Å². The third-order valence-corrected chi connectivity index (χ3v) is 2.07. The second-order valence-corrected chi connectivity index (χ2v) is 3.47. The predicted molar refractivity (Wildman–Crippen MR) is 59.7 cm³/mol. The first-order valence-corrected chi connectivity index (χ1v) is 5.54. The minimum atomic E-state index is -2.12. The molecule has 0 bridgehead atoms. The van der Waals surface area contributed by atoms with Crippen molar-refractivity contribution in [2.75, 3.05) is 6.61 Å². The molecule has 1 rings (SSSR count). The van der Waals surface area contributed by atoms with Crippen molar-refractivity contribution in [1.82, 2.24) is 0 Å². The molecule has 0 amide bonds. The molecule has 0 aliphatic rings. The third kappa shape index (κ3) is 6.31. The van der Waals surface area contributed by atoms with E-state index in [1.165, 1.54) is 6.92 Å². The largest absolute Gasteiger partial charge is 0.480 e. The summed E-state index contributed by atoms with van der Waals surface area (Å²) in [6, 6.07) is 4.04. The highest BCUT2D eigenvalue weighted by molar-refractivity contribution is 7.07. The van der Waals surface area contributed by atoms with Gasteiger partial charge in [0.05, 0.1) is 6.61 Å². The zero-order chi connectivity index (χ0) is 13.3. The number of hydrogen-bond donors (Lipinski definition) is 2. The Balaban J connectivity index is 0.000000419. The van der Waals surface area contributed by atoms with Gasteiger partial charge in [0, 0.05) is 0 Å². The average molecular weight is 260 g/mol. The highest BCUT2D eigenvalue weighted by Crippen LogP contribution is 2.00. The molecule has 1 aromatic rings. The number of carbonyl (C=O) groups is 3. The Morgan fingerprint density at radius 2 is 1.65 bits per heavy atom. The molecule has 0 aliphatic carbocycles. The number of ether oxygens (including phenoxy) is 1. The first-order chi connectivity index (χ1) is 8.00. The summed E-state index contributed by atoms with van der Waals surface area (Å²) >= 11 is 1.71. The van der Waals surface area contributed by atoms with Crippen molar-refractivity contribution >= 4 is 29.2 Å². The Bertz CT molecular complexity index is 328. The van der Waals surface area contributed by atoms with Crippen LogP contribution in [0.15, 0.2) is 22.9 Å². The van der Waals surface area contributed by atoms with Crippen LogP contribution in [0, 0.1) is 5.92 Å². The summed E-state index contributed by atoms with van der Waals surface area (Å²) in [5.74, 6) is -6.82. The minimum Gasteiger partial charge on any atom is -0.480 e. The third-order valence-electron chi connectivity index (χ3n) is 1.44. The molecule has 1 heterocycles. The fourth-order valence-electron chi connectivity index (χ4n) is 0.760. The fourth-order valence-corrected chi connectivity index (χ4v) is 1.21. The SMILES string of the molecule is CCOC(=O)C(C(=O)O)C(=O)O.c1ccsc1. The minimum absolute atomic E-state index is 0.0457. The van der Waals surface area contributed by atoms with E-state index in [-0.39, 0.29) is 6.61 Å².